The van der Waals surface area contributed by atoms with Gasteiger partial charge in [-0.3, -0.25) is 4.79 Å². The number of piperidine rings is 1. The molecule has 0 saturated carbocycles. The summed E-state index contributed by atoms with van der Waals surface area (Å²) in [6, 6.07) is -0.247. The molecule has 9 heteroatoms. The van der Waals surface area contributed by atoms with E-state index in [1.807, 2.05) is 0 Å². The molecule has 1 amide bonds. The van der Waals surface area contributed by atoms with Crippen LogP contribution in [0, 0.1) is 0 Å². The molecule has 2 aliphatic heterocycles. The van der Waals surface area contributed by atoms with Gasteiger partial charge in [-0.25, -0.2) is 13.2 Å². The van der Waals surface area contributed by atoms with Gasteiger partial charge in [-0.15, -0.1) is 0 Å². The molecule has 8 nitrogen and oxygen atoms in total. The van der Waals surface area contributed by atoms with Crippen LogP contribution in [0.4, 0.5) is 4.79 Å². The number of amides is 1. The Balaban J connectivity index is 1.95. The smallest absolute Gasteiger partial charge is 0.410 e. The van der Waals surface area contributed by atoms with Crippen LogP contribution in [0.5, 0.6) is 0 Å². The molecule has 1 unspecified atom stereocenters. The van der Waals surface area contributed by atoms with Gasteiger partial charge < -0.3 is 14.7 Å². The van der Waals surface area contributed by atoms with Crippen LogP contribution in [0.2, 0.25) is 0 Å². The Kier molecular flexibility index (Phi) is 4.91. The molecule has 0 spiro atoms. The van der Waals surface area contributed by atoms with Gasteiger partial charge >= 0.3 is 12.1 Å². The zero-order valence-corrected chi connectivity index (χ0v) is 14.5. The fourth-order valence-corrected chi connectivity index (χ4v) is 4.96. The predicted octanol–water partition coefficient (Wildman–Crippen LogP) is 0.875. The monoisotopic (exact) mass is 348 g/mol. The van der Waals surface area contributed by atoms with Crippen LogP contribution in [0.1, 0.15) is 40.0 Å². The minimum absolute atomic E-state index is 0.115. The Hall–Kier alpha value is -1.35. The average molecular weight is 348 g/mol. The van der Waals surface area contributed by atoms with E-state index in [4.69, 9.17) is 9.84 Å². The third-order valence-electron chi connectivity index (χ3n) is 4.10. The van der Waals surface area contributed by atoms with Crippen molar-refractivity contribution in [3.05, 3.63) is 0 Å². The first-order valence-corrected chi connectivity index (χ1v) is 9.24. The maximum Gasteiger partial charge on any atom is 0.410 e. The second-order valence-corrected chi connectivity index (χ2v) is 9.04. The van der Waals surface area contributed by atoms with Gasteiger partial charge in [0, 0.05) is 25.7 Å². The molecule has 2 saturated heterocycles. The van der Waals surface area contributed by atoms with E-state index >= 15 is 0 Å². The van der Waals surface area contributed by atoms with Crippen molar-refractivity contribution in [2.24, 2.45) is 0 Å². The first-order valence-electron chi connectivity index (χ1n) is 7.74. The number of rotatable bonds is 2. The number of carbonyl (C=O) groups is 2. The van der Waals surface area contributed by atoms with Crippen molar-refractivity contribution in [3.63, 3.8) is 0 Å². The summed E-state index contributed by atoms with van der Waals surface area (Å²) in [4.78, 5) is 24.6. The largest absolute Gasteiger partial charge is 0.480 e. The number of carboxylic acid groups (broad SMARTS) is 1. The molecule has 132 valence electrons. The Morgan fingerprint density at radius 3 is 2.09 bits per heavy atom. The lowest BCUT2D eigenvalue weighted by Gasteiger charge is -2.36. The summed E-state index contributed by atoms with van der Waals surface area (Å²) in [5, 5.41) is 7.67. The molecule has 23 heavy (non-hydrogen) atoms. The minimum Gasteiger partial charge on any atom is -0.480 e. The summed E-state index contributed by atoms with van der Waals surface area (Å²) in [5.41, 5.74) is -0.569. The van der Waals surface area contributed by atoms with Crippen molar-refractivity contribution in [1.29, 1.82) is 0 Å². The Morgan fingerprint density at radius 1 is 1.09 bits per heavy atom. The zero-order chi connectivity index (χ0) is 17.4. The molecule has 0 bridgehead atoms. The number of likely N-dealkylation sites (tertiary alicyclic amines) is 1. The normalized spacial score (nSPS) is 26.2. The first kappa shape index (κ1) is 18.0. The number of sulfonamides is 1. The van der Waals surface area contributed by atoms with Gasteiger partial charge in [0.15, 0.2) is 5.25 Å². The second kappa shape index (κ2) is 6.27. The van der Waals surface area contributed by atoms with Gasteiger partial charge in [-0.1, -0.05) is 0 Å². The topological polar surface area (TPSA) is 104 Å². The van der Waals surface area contributed by atoms with Crippen molar-refractivity contribution >= 4 is 22.1 Å². The predicted molar refractivity (Wildman–Crippen MR) is 82.5 cm³/mol. The number of carbonyl (C=O) groups excluding carboxylic acids is 1. The maximum atomic E-state index is 12.3. The number of nitrogens with zero attached hydrogens (tertiary/aromatic N) is 2. The molecule has 2 rings (SSSR count). The lowest BCUT2D eigenvalue weighted by Crippen LogP contribution is -2.49. The van der Waals surface area contributed by atoms with E-state index in [0.717, 1.165) is 0 Å². The highest BCUT2D eigenvalue weighted by Gasteiger charge is 2.47. The van der Waals surface area contributed by atoms with Crippen molar-refractivity contribution in [1.82, 2.24) is 9.21 Å². The van der Waals surface area contributed by atoms with Gasteiger partial charge in [-0.2, -0.15) is 4.31 Å². The zero-order valence-electron chi connectivity index (χ0n) is 13.7. The lowest BCUT2D eigenvalue weighted by molar-refractivity contribution is -0.136. The van der Waals surface area contributed by atoms with Crippen molar-refractivity contribution in [2.75, 3.05) is 19.6 Å². The van der Waals surface area contributed by atoms with Crippen molar-refractivity contribution in [3.8, 4) is 0 Å². The van der Waals surface area contributed by atoms with Gasteiger partial charge in [0.1, 0.15) is 5.60 Å². The standard InChI is InChI=1S/C14H24N2O6S/c1-14(2,3)22-13(19)15-7-4-10(5-8-15)16-9-6-11(12(17)18)23(16,20)21/h10-11H,4-9H2,1-3H3,(H,17,18). The van der Waals surface area contributed by atoms with Crippen LogP contribution in [-0.4, -0.2) is 71.3 Å². The summed E-state index contributed by atoms with van der Waals surface area (Å²) in [6.45, 7) is 6.42. The fourth-order valence-electron chi connectivity index (χ4n) is 2.99. The van der Waals surface area contributed by atoms with Crippen LogP contribution < -0.4 is 0 Å². The van der Waals surface area contributed by atoms with Crippen LogP contribution in [0.25, 0.3) is 0 Å². The quantitative estimate of drug-likeness (QED) is 0.794. The highest BCUT2D eigenvalue weighted by Crippen LogP contribution is 2.29. The average Bonchev–Trinajstić information content (AvgIpc) is 2.72. The lowest BCUT2D eigenvalue weighted by atomic mass is 10.1. The van der Waals surface area contributed by atoms with E-state index < -0.39 is 32.9 Å². The summed E-state index contributed by atoms with van der Waals surface area (Å²) >= 11 is 0. The number of ether oxygens (including phenoxy) is 1. The molecule has 0 aromatic carbocycles. The summed E-state index contributed by atoms with van der Waals surface area (Å²) in [7, 11) is -3.79. The van der Waals surface area contributed by atoms with Gasteiger partial charge in [0.2, 0.25) is 10.0 Å². The molecule has 2 aliphatic rings. The summed E-state index contributed by atoms with van der Waals surface area (Å²) < 4.78 is 31.2. The SMILES string of the molecule is CC(C)(C)OC(=O)N1CCC(N2CCC(C(=O)O)S2(=O)=O)CC1. The molecule has 2 heterocycles. The molecular formula is C14H24N2O6S. The molecule has 2 fully saturated rings. The molecule has 1 N–H and O–H groups in total. The van der Waals surface area contributed by atoms with Gasteiger partial charge in [-0.05, 0) is 40.0 Å². The van der Waals surface area contributed by atoms with E-state index in [2.05, 4.69) is 0 Å². The van der Waals surface area contributed by atoms with Crippen LogP contribution in [0.15, 0.2) is 0 Å². The molecule has 0 radical (unpaired) electrons. The summed E-state index contributed by atoms with van der Waals surface area (Å²) in [6.07, 6.45) is 0.697. The van der Waals surface area contributed by atoms with E-state index in [9.17, 15) is 18.0 Å². The number of hydrogen-bond acceptors (Lipinski definition) is 5. The Labute approximate surface area is 136 Å². The van der Waals surface area contributed by atoms with Crippen molar-refractivity contribution < 1.29 is 27.9 Å². The Morgan fingerprint density at radius 2 is 1.65 bits per heavy atom. The number of carboxylic acids is 1. The van der Waals surface area contributed by atoms with Crippen LogP contribution in [-0.2, 0) is 19.6 Å². The third-order valence-corrected chi connectivity index (χ3v) is 6.39. The highest BCUT2D eigenvalue weighted by molar-refractivity contribution is 7.90. The molecule has 1 atom stereocenters. The van der Waals surface area contributed by atoms with E-state index in [0.29, 0.717) is 25.9 Å². The van der Waals surface area contributed by atoms with E-state index in [-0.39, 0.29) is 19.0 Å². The number of aliphatic carboxylic acids is 1. The fraction of sp³-hybridized carbons (Fsp3) is 0.857. The van der Waals surface area contributed by atoms with Gasteiger partial charge in [0.25, 0.3) is 0 Å². The van der Waals surface area contributed by atoms with Crippen LogP contribution in [0.3, 0.4) is 0 Å². The second-order valence-electron chi connectivity index (χ2n) is 6.97. The highest BCUT2D eigenvalue weighted by atomic mass is 32.2. The van der Waals surface area contributed by atoms with E-state index in [1.54, 1.807) is 25.7 Å². The molecule has 0 aliphatic carbocycles. The minimum atomic E-state index is -3.79. The first-order chi connectivity index (χ1) is 10.5. The Bertz CT molecular complexity index is 575. The maximum absolute atomic E-state index is 12.3. The number of hydrogen-bond donors (Lipinski definition) is 1. The van der Waals surface area contributed by atoms with Crippen molar-refractivity contribution in [2.45, 2.75) is 56.9 Å². The van der Waals surface area contributed by atoms with E-state index in [1.165, 1.54) is 4.31 Å². The molecule has 0 aromatic rings. The molecular weight excluding hydrogens is 324 g/mol. The third kappa shape index (κ3) is 3.95. The molecule has 0 aromatic heterocycles. The van der Waals surface area contributed by atoms with Gasteiger partial charge in [0.05, 0.1) is 0 Å². The van der Waals surface area contributed by atoms with Crippen LogP contribution >= 0.6 is 0 Å². The summed E-state index contributed by atoms with van der Waals surface area (Å²) in [5.74, 6) is -1.29.